The molecule has 34 heavy (non-hydrogen) atoms. The molecule has 0 spiro atoms. The summed E-state index contributed by atoms with van der Waals surface area (Å²) < 4.78 is 40.1. The summed E-state index contributed by atoms with van der Waals surface area (Å²) in [7, 11) is -3.70. The summed E-state index contributed by atoms with van der Waals surface area (Å²) in [6.45, 7) is 4.68. The van der Waals surface area contributed by atoms with Crippen LogP contribution >= 0.6 is 0 Å². The van der Waals surface area contributed by atoms with Gasteiger partial charge in [0.1, 0.15) is 5.82 Å². The number of carbonyl (C=O) groups is 1. The summed E-state index contributed by atoms with van der Waals surface area (Å²) in [5, 5.41) is 8.97. The average molecular weight is 486 g/mol. The highest BCUT2D eigenvalue weighted by Gasteiger charge is 2.30. The smallest absolute Gasteiger partial charge is 0.243 e. The SMILES string of the molecule is N#Cc1ccc(N2CCCN(CC(=O)N3CCN(S(=O)(=O)c4ccc(F)cc4)CC3)CC2)cc1. The van der Waals surface area contributed by atoms with Gasteiger partial charge in [-0.1, -0.05) is 0 Å². The summed E-state index contributed by atoms with van der Waals surface area (Å²) in [6, 6.07) is 14.5. The quantitative estimate of drug-likeness (QED) is 0.641. The Morgan fingerprint density at radius 3 is 2.21 bits per heavy atom. The van der Waals surface area contributed by atoms with Crippen LogP contribution < -0.4 is 4.90 Å². The summed E-state index contributed by atoms with van der Waals surface area (Å²) in [5.74, 6) is -0.478. The third-order valence-corrected chi connectivity index (χ3v) is 8.26. The first kappa shape index (κ1) is 24.1. The van der Waals surface area contributed by atoms with Gasteiger partial charge in [-0.25, -0.2) is 12.8 Å². The van der Waals surface area contributed by atoms with Crippen LogP contribution in [0.15, 0.2) is 53.4 Å². The van der Waals surface area contributed by atoms with E-state index in [2.05, 4.69) is 15.9 Å². The van der Waals surface area contributed by atoms with E-state index in [9.17, 15) is 17.6 Å². The topological polar surface area (TPSA) is 88.0 Å². The summed E-state index contributed by atoms with van der Waals surface area (Å²) >= 11 is 0. The summed E-state index contributed by atoms with van der Waals surface area (Å²) in [5.41, 5.74) is 1.71. The molecule has 180 valence electrons. The van der Waals surface area contributed by atoms with Crippen LogP contribution in [0.3, 0.4) is 0 Å². The maximum absolute atomic E-state index is 13.1. The van der Waals surface area contributed by atoms with Gasteiger partial charge in [-0.3, -0.25) is 9.69 Å². The van der Waals surface area contributed by atoms with Gasteiger partial charge in [-0.2, -0.15) is 9.57 Å². The van der Waals surface area contributed by atoms with Crippen molar-refractivity contribution < 1.29 is 17.6 Å². The Labute approximate surface area is 199 Å². The molecule has 0 bridgehead atoms. The fraction of sp³-hybridized carbons (Fsp3) is 0.417. The van der Waals surface area contributed by atoms with E-state index in [1.54, 1.807) is 4.90 Å². The van der Waals surface area contributed by atoms with E-state index >= 15 is 0 Å². The fourth-order valence-corrected chi connectivity index (χ4v) is 5.78. The molecule has 2 aliphatic rings. The van der Waals surface area contributed by atoms with E-state index in [0.29, 0.717) is 25.2 Å². The number of nitriles is 1. The van der Waals surface area contributed by atoms with Gasteiger partial charge in [0, 0.05) is 58.0 Å². The minimum absolute atomic E-state index is 0.00523. The van der Waals surface area contributed by atoms with Crippen molar-refractivity contribution in [2.24, 2.45) is 0 Å². The first-order chi connectivity index (χ1) is 16.4. The van der Waals surface area contributed by atoms with Gasteiger partial charge in [0.25, 0.3) is 0 Å². The maximum Gasteiger partial charge on any atom is 0.243 e. The number of hydrogen-bond acceptors (Lipinski definition) is 6. The second kappa shape index (κ2) is 10.5. The molecule has 2 fully saturated rings. The van der Waals surface area contributed by atoms with Gasteiger partial charge < -0.3 is 9.80 Å². The first-order valence-electron chi connectivity index (χ1n) is 11.4. The number of rotatable bonds is 5. The van der Waals surface area contributed by atoms with Gasteiger partial charge in [0.2, 0.25) is 15.9 Å². The average Bonchev–Trinajstić information content (AvgIpc) is 3.10. The van der Waals surface area contributed by atoms with Crippen molar-refractivity contribution in [3.05, 3.63) is 59.9 Å². The van der Waals surface area contributed by atoms with Crippen molar-refractivity contribution in [2.75, 3.05) is 63.8 Å². The third-order valence-electron chi connectivity index (χ3n) is 6.35. The normalized spacial score (nSPS) is 18.4. The second-order valence-electron chi connectivity index (χ2n) is 8.51. The predicted octanol–water partition coefficient (Wildman–Crippen LogP) is 1.74. The molecule has 10 heteroatoms. The lowest BCUT2D eigenvalue weighted by Crippen LogP contribution is -2.52. The van der Waals surface area contributed by atoms with E-state index < -0.39 is 15.8 Å². The van der Waals surface area contributed by atoms with Crippen LogP contribution in [-0.2, 0) is 14.8 Å². The molecule has 0 radical (unpaired) electrons. The molecule has 2 aliphatic heterocycles. The lowest BCUT2D eigenvalue weighted by Gasteiger charge is -2.35. The van der Waals surface area contributed by atoms with E-state index in [4.69, 9.17) is 5.26 Å². The number of halogens is 1. The zero-order valence-electron chi connectivity index (χ0n) is 18.9. The molecule has 4 rings (SSSR count). The van der Waals surface area contributed by atoms with Crippen molar-refractivity contribution in [1.29, 1.82) is 5.26 Å². The number of piperazine rings is 1. The van der Waals surface area contributed by atoms with Crippen LogP contribution in [0.5, 0.6) is 0 Å². The zero-order chi connectivity index (χ0) is 24.1. The molecule has 0 aromatic heterocycles. The van der Waals surface area contributed by atoms with Crippen LogP contribution in [0.4, 0.5) is 10.1 Å². The molecule has 2 aromatic rings. The van der Waals surface area contributed by atoms with Gasteiger partial charge >= 0.3 is 0 Å². The third kappa shape index (κ3) is 5.55. The molecule has 0 N–H and O–H groups in total. The Hall–Kier alpha value is -3.00. The number of nitrogens with zero attached hydrogens (tertiary/aromatic N) is 5. The molecule has 1 amide bonds. The predicted molar refractivity (Wildman–Crippen MR) is 126 cm³/mol. The van der Waals surface area contributed by atoms with Gasteiger partial charge in [-0.05, 0) is 55.0 Å². The molecule has 8 nitrogen and oxygen atoms in total. The largest absolute Gasteiger partial charge is 0.370 e. The molecule has 0 saturated carbocycles. The van der Waals surface area contributed by atoms with Crippen molar-refractivity contribution in [1.82, 2.24) is 14.1 Å². The van der Waals surface area contributed by atoms with E-state index in [1.165, 1.54) is 16.4 Å². The molecule has 2 aromatic carbocycles. The van der Waals surface area contributed by atoms with Crippen LogP contribution in [0.25, 0.3) is 0 Å². The van der Waals surface area contributed by atoms with Crippen molar-refractivity contribution in [3.8, 4) is 6.07 Å². The lowest BCUT2D eigenvalue weighted by molar-refractivity contribution is -0.133. The van der Waals surface area contributed by atoms with E-state index in [1.807, 2.05) is 24.3 Å². The Morgan fingerprint density at radius 1 is 0.882 bits per heavy atom. The van der Waals surface area contributed by atoms with Crippen LogP contribution in [-0.4, -0.2) is 87.3 Å². The zero-order valence-corrected chi connectivity index (χ0v) is 19.8. The molecule has 0 atom stereocenters. The van der Waals surface area contributed by atoms with Gasteiger partial charge in [-0.15, -0.1) is 0 Å². The highest BCUT2D eigenvalue weighted by Crippen LogP contribution is 2.19. The minimum atomic E-state index is -3.70. The molecule has 2 heterocycles. The number of benzene rings is 2. The summed E-state index contributed by atoms with van der Waals surface area (Å²) in [6.07, 6.45) is 0.928. The summed E-state index contributed by atoms with van der Waals surface area (Å²) in [4.78, 5) is 19.1. The van der Waals surface area contributed by atoms with Crippen molar-refractivity contribution in [3.63, 3.8) is 0 Å². The number of amides is 1. The van der Waals surface area contributed by atoms with E-state index in [-0.39, 0.29) is 23.9 Å². The number of anilines is 1. The molecule has 0 unspecified atom stereocenters. The Bertz CT molecular complexity index is 1140. The molecular formula is C24H28FN5O3S. The number of hydrogen-bond donors (Lipinski definition) is 0. The molecule has 2 saturated heterocycles. The lowest BCUT2D eigenvalue weighted by atomic mass is 10.2. The highest BCUT2D eigenvalue weighted by molar-refractivity contribution is 7.89. The maximum atomic E-state index is 13.1. The number of carbonyl (C=O) groups excluding carboxylic acids is 1. The fourth-order valence-electron chi connectivity index (χ4n) is 4.36. The van der Waals surface area contributed by atoms with Gasteiger partial charge in [0.05, 0.1) is 23.1 Å². The number of sulfonamides is 1. The Morgan fingerprint density at radius 2 is 1.56 bits per heavy atom. The van der Waals surface area contributed by atoms with Crippen molar-refractivity contribution >= 4 is 21.6 Å². The van der Waals surface area contributed by atoms with Crippen LogP contribution in [0.2, 0.25) is 0 Å². The molecular weight excluding hydrogens is 457 g/mol. The second-order valence-corrected chi connectivity index (χ2v) is 10.5. The van der Waals surface area contributed by atoms with Crippen LogP contribution in [0, 0.1) is 17.1 Å². The Balaban J connectivity index is 1.27. The molecule has 0 aliphatic carbocycles. The highest BCUT2D eigenvalue weighted by atomic mass is 32.2. The first-order valence-corrected chi connectivity index (χ1v) is 12.8. The standard InChI is InChI=1S/C24H28FN5O3S/c25-21-4-8-23(9-5-21)34(32,33)30-16-14-29(15-17-30)24(31)19-27-10-1-11-28(13-12-27)22-6-2-20(18-26)3-7-22/h2-9H,1,10-17,19H2. The van der Waals surface area contributed by atoms with Crippen LogP contribution in [0.1, 0.15) is 12.0 Å². The Kier molecular flexibility index (Phi) is 7.46. The van der Waals surface area contributed by atoms with Gasteiger partial charge in [0.15, 0.2) is 0 Å². The van der Waals surface area contributed by atoms with E-state index in [0.717, 1.165) is 50.4 Å². The monoisotopic (exact) mass is 485 g/mol. The van der Waals surface area contributed by atoms with Crippen molar-refractivity contribution in [2.45, 2.75) is 11.3 Å². The minimum Gasteiger partial charge on any atom is -0.370 e.